The van der Waals surface area contributed by atoms with Gasteiger partial charge in [-0.2, -0.15) is 4.68 Å². The van der Waals surface area contributed by atoms with Crippen LogP contribution >= 0.6 is 0 Å². The normalized spacial score (nSPS) is 12.3. The van der Waals surface area contributed by atoms with Crippen LogP contribution in [0.2, 0.25) is 0 Å². The Labute approximate surface area is 359 Å². The lowest BCUT2D eigenvalue weighted by Gasteiger charge is -2.22. The van der Waals surface area contributed by atoms with Gasteiger partial charge in [-0.25, -0.2) is 4.98 Å². The molecule has 0 fully saturated rings. The number of ether oxygens (including phenoxy) is 1. The minimum absolute atomic E-state index is 0.0174. The molecule has 0 amide bonds. The molecule has 61 heavy (non-hydrogen) atoms. The number of hydrogen-bond acceptors (Lipinski definition) is 3. The molecule has 304 valence electrons. The smallest absolute Gasteiger partial charge is 0.273 e. The molecule has 6 nitrogen and oxygen atoms in total. The molecule has 6 aromatic carbocycles. The van der Waals surface area contributed by atoms with Crippen LogP contribution in [0.4, 0.5) is 0 Å². The van der Waals surface area contributed by atoms with E-state index in [0.717, 1.165) is 61.9 Å². The van der Waals surface area contributed by atoms with Gasteiger partial charge in [-0.3, -0.25) is 9.13 Å². The number of fused-ring (bicyclic) bond motifs is 3. The van der Waals surface area contributed by atoms with Gasteiger partial charge in [-0.1, -0.05) is 165 Å². The molecular formula is C55H53N5O. The molecule has 0 saturated heterocycles. The van der Waals surface area contributed by atoms with Crippen LogP contribution in [-0.2, 0) is 16.2 Å². The zero-order valence-electron chi connectivity index (χ0n) is 36.7. The molecule has 6 heteroatoms. The maximum Gasteiger partial charge on any atom is 0.273 e. The highest BCUT2D eigenvalue weighted by atomic mass is 16.5. The summed E-state index contributed by atoms with van der Waals surface area (Å²) in [4.78, 5) is 4.88. The minimum Gasteiger partial charge on any atom is -0.458 e. The largest absolute Gasteiger partial charge is 0.458 e. The first-order chi connectivity index (χ1) is 29.1. The summed E-state index contributed by atoms with van der Waals surface area (Å²) in [6.07, 6.45) is 5.57. The fourth-order valence-electron chi connectivity index (χ4n) is 8.03. The van der Waals surface area contributed by atoms with Gasteiger partial charge >= 0.3 is 0 Å². The number of pyridine rings is 1. The standard InChI is InChI=1S/C55H53N5O/c1-53(2,3)38-19-15-21-42(31-38)59-36-58(52(57-59)48-32-39(54(4,5)6)25-27-45(48)37-17-11-10-12-18-37)41-20-16-22-43(34-41)61-44-26-28-47-46-23-13-14-24-49(46)60(50(47)35-44)51-33-40(29-30-56-51)55(7,8)9/h10-35H,1-9H3. The Kier molecular flexibility index (Phi) is 9.78. The maximum absolute atomic E-state index is 6.77. The molecule has 0 spiro atoms. The Bertz CT molecular complexity index is 3060. The van der Waals surface area contributed by atoms with Crippen LogP contribution in [0.5, 0.6) is 11.5 Å². The number of benzene rings is 6. The van der Waals surface area contributed by atoms with Gasteiger partial charge in [-0.05, 0) is 86.5 Å². The Hall–Kier alpha value is -6.79. The van der Waals surface area contributed by atoms with Crippen LogP contribution in [0.15, 0.2) is 158 Å². The maximum atomic E-state index is 6.77. The molecule has 3 aromatic heterocycles. The number of hydrogen-bond donors (Lipinski definition) is 0. The number of rotatable bonds is 7. The van der Waals surface area contributed by atoms with Crippen LogP contribution in [0.3, 0.4) is 0 Å². The Balaban J connectivity index is 1.18. The van der Waals surface area contributed by atoms with Crippen molar-refractivity contribution in [2.45, 2.75) is 78.6 Å². The lowest BCUT2D eigenvalue weighted by molar-refractivity contribution is -0.660. The fourth-order valence-corrected chi connectivity index (χ4v) is 8.03. The summed E-state index contributed by atoms with van der Waals surface area (Å²) in [5.41, 5.74) is 10.8. The predicted molar refractivity (Wildman–Crippen MR) is 250 cm³/mol. The zero-order valence-corrected chi connectivity index (χ0v) is 36.7. The molecule has 0 saturated carbocycles. The van der Waals surface area contributed by atoms with Crippen molar-refractivity contribution in [1.82, 2.24) is 19.2 Å². The second kappa shape index (κ2) is 15.0. The first-order valence-electron chi connectivity index (χ1n) is 21.2. The van der Waals surface area contributed by atoms with E-state index in [-0.39, 0.29) is 16.2 Å². The van der Waals surface area contributed by atoms with Gasteiger partial charge in [0.05, 0.1) is 22.4 Å². The SMILES string of the molecule is CC(C)(C)c1cccc(-[n+]2[c-]n(-c3cccc(Oc4ccc5c6ccccc6n(-c6cc(C(C)(C)C)ccn6)c5c4)c3)c(-c3cc(C(C)(C)C)ccc3-c3ccccc3)n2)c1. The van der Waals surface area contributed by atoms with E-state index in [0.29, 0.717) is 5.75 Å². The lowest BCUT2D eigenvalue weighted by atomic mass is 9.84. The highest BCUT2D eigenvalue weighted by Crippen LogP contribution is 2.39. The number of para-hydroxylation sites is 1. The van der Waals surface area contributed by atoms with Crippen molar-refractivity contribution in [3.05, 3.63) is 181 Å². The van der Waals surface area contributed by atoms with Crippen LogP contribution in [0.1, 0.15) is 79.0 Å². The molecule has 0 aliphatic carbocycles. The molecular weight excluding hydrogens is 747 g/mol. The highest BCUT2D eigenvalue weighted by Gasteiger charge is 2.24. The summed E-state index contributed by atoms with van der Waals surface area (Å²) in [5, 5.41) is 7.68. The molecule has 9 aromatic rings. The van der Waals surface area contributed by atoms with Gasteiger partial charge in [0, 0.05) is 28.6 Å². The molecule has 0 unspecified atom stereocenters. The highest BCUT2D eigenvalue weighted by molar-refractivity contribution is 6.09. The van der Waals surface area contributed by atoms with E-state index >= 15 is 0 Å². The molecule has 3 heterocycles. The predicted octanol–water partition coefficient (Wildman–Crippen LogP) is 13.5. The summed E-state index contributed by atoms with van der Waals surface area (Å²) >= 11 is 0. The van der Waals surface area contributed by atoms with Crippen molar-refractivity contribution >= 4 is 21.8 Å². The molecule has 0 bridgehead atoms. The van der Waals surface area contributed by atoms with E-state index in [2.05, 4.69) is 217 Å². The number of nitrogens with zero attached hydrogens (tertiary/aromatic N) is 5. The monoisotopic (exact) mass is 799 g/mol. The van der Waals surface area contributed by atoms with Gasteiger partial charge in [0.25, 0.3) is 6.33 Å². The van der Waals surface area contributed by atoms with E-state index in [1.807, 2.05) is 23.0 Å². The molecule has 0 N–H and O–H groups in total. The molecule has 0 aliphatic rings. The average molecular weight is 800 g/mol. The quantitative estimate of drug-likeness (QED) is 0.119. The second-order valence-corrected chi connectivity index (χ2v) is 19.1. The van der Waals surface area contributed by atoms with Crippen LogP contribution in [0, 0.1) is 6.33 Å². The molecule has 0 radical (unpaired) electrons. The first kappa shape index (κ1) is 39.7. The molecule has 9 rings (SSSR count). The van der Waals surface area contributed by atoms with E-state index in [9.17, 15) is 0 Å². The van der Waals surface area contributed by atoms with Crippen molar-refractivity contribution in [1.29, 1.82) is 0 Å². The van der Waals surface area contributed by atoms with E-state index in [1.165, 1.54) is 22.1 Å². The zero-order chi connectivity index (χ0) is 42.7. The van der Waals surface area contributed by atoms with Gasteiger partial charge < -0.3 is 4.74 Å². The topological polar surface area (TPSA) is 48.8 Å². The number of aromatic nitrogens is 5. The van der Waals surface area contributed by atoms with E-state index in [4.69, 9.17) is 14.8 Å². The lowest BCUT2D eigenvalue weighted by Crippen LogP contribution is -2.33. The molecule has 0 aliphatic heterocycles. The Morgan fingerprint density at radius 3 is 1.97 bits per heavy atom. The summed E-state index contributed by atoms with van der Waals surface area (Å²) in [5.74, 6) is 3.09. The van der Waals surface area contributed by atoms with Gasteiger partial charge in [-0.15, -0.1) is 5.10 Å². The summed E-state index contributed by atoms with van der Waals surface area (Å²) in [6.45, 7) is 20.2. The summed E-state index contributed by atoms with van der Waals surface area (Å²) in [6, 6.07) is 53.3. The Morgan fingerprint density at radius 2 is 1.20 bits per heavy atom. The van der Waals surface area contributed by atoms with Crippen LogP contribution < -0.4 is 9.42 Å². The third-order valence-corrected chi connectivity index (χ3v) is 11.6. The van der Waals surface area contributed by atoms with Gasteiger partial charge in [0.15, 0.2) is 5.82 Å². The van der Waals surface area contributed by atoms with Crippen molar-refractivity contribution < 1.29 is 9.42 Å². The van der Waals surface area contributed by atoms with Crippen LogP contribution in [0.25, 0.3) is 61.5 Å². The van der Waals surface area contributed by atoms with E-state index in [1.54, 1.807) is 0 Å². The van der Waals surface area contributed by atoms with Crippen molar-refractivity contribution in [3.63, 3.8) is 0 Å². The average Bonchev–Trinajstić information content (AvgIpc) is 3.83. The summed E-state index contributed by atoms with van der Waals surface area (Å²) < 4.78 is 13.0. The second-order valence-electron chi connectivity index (χ2n) is 19.1. The third-order valence-electron chi connectivity index (χ3n) is 11.6. The van der Waals surface area contributed by atoms with E-state index < -0.39 is 0 Å². The van der Waals surface area contributed by atoms with Crippen molar-refractivity contribution in [3.8, 4) is 51.2 Å². The Morgan fingerprint density at radius 1 is 0.525 bits per heavy atom. The minimum atomic E-state index is -0.0753. The first-order valence-corrected chi connectivity index (χ1v) is 21.2. The van der Waals surface area contributed by atoms with Crippen molar-refractivity contribution in [2.24, 2.45) is 0 Å². The molecule has 0 atom stereocenters. The van der Waals surface area contributed by atoms with Gasteiger partial charge in [0.2, 0.25) is 0 Å². The third kappa shape index (κ3) is 7.75. The van der Waals surface area contributed by atoms with Crippen molar-refractivity contribution in [2.75, 3.05) is 0 Å². The fraction of sp³-hybridized carbons (Fsp3) is 0.218. The van der Waals surface area contributed by atoms with Crippen LogP contribution in [-0.4, -0.2) is 19.2 Å². The summed E-state index contributed by atoms with van der Waals surface area (Å²) in [7, 11) is 0. The van der Waals surface area contributed by atoms with Gasteiger partial charge in [0.1, 0.15) is 17.3 Å².